The van der Waals surface area contributed by atoms with Gasteiger partial charge in [0.1, 0.15) is 0 Å². The largest absolute Gasteiger partial charge is 0.314 e. The number of hydrogen-bond acceptors (Lipinski definition) is 3. The van der Waals surface area contributed by atoms with Crippen molar-refractivity contribution in [2.24, 2.45) is 5.92 Å². The Kier molecular flexibility index (Phi) is 6.05. The second kappa shape index (κ2) is 7.40. The molecule has 1 aliphatic carbocycles. The van der Waals surface area contributed by atoms with Gasteiger partial charge < -0.3 is 5.32 Å². The first-order valence-corrected chi connectivity index (χ1v) is 9.85. The average Bonchev–Trinajstić information content (AvgIpc) is 3.27. The van der Waals surface area contributed by atoms with Gasteiger partial charge in [-0.25, -0.2) is 0 Å². The molecule has 0 aromatic rings. The second-order valence-corrected chi connectivity index (χ2v) is 8.66. The number of hydrogen-bond donors (Lipinski definition) is 1. The molecule has 0 amide bonds. The Morgan fingerprint density at radius 3 is 2.57 bits per heavy atom. The van der Waals surface area contributed by atoms with Gasteiger partial charge in [-0.1, -0.05) is 20.8 Å². The van der Waals surface area contributed by atoms with E-state index in [4.69, 9.17) is 0 Å². The van der Waals surface area contributed by atoms with Crippen LogP contribution in [0.2, 0.25) is 0 Å². The van der Waals surface area contributed by atoms with Crippen molar-refractivity contribution in [2.75, 3.05) is 26.2 Å². The van der Waals surface area contributed by atoms with Crippen molar-refractivity contribution in [3.63, 3.8) is 0 Å². The molecule has 1 unspecified atom stereocenters. The van der Waals surface area contributed by atoms with Crippen LogP contribution in [0.1, 0.15) is 52.9 Å². The summed E-state index contributed by atoms with van der Waals surface area (Å²) in [5, 5.41) is 3.44. The van der Waals surface area contributed by atoms with Crippen molar-refractivity contribution in [1.29, 1.82) is 0 Å². The van der Waals surface area contributed by atoms with E-state index in [0.717, 1.165) is 38.6 Å². The summed E-state index contributed by atoms with van der Waals surface area (Å²) in [7, 11) is -3.26. The van der Waals surface area contributed by atoms with E-state index < -0.39 is 10.2 Å². The van der Waals surface area contributed by atoms with E-state index in [1.54, 1.807) is 8.61 Å². The van der Waals surface area contributed by atoms with Gasteiger partial charge in [-0.15, -0.1) is 0 Å². The molecule has 124 valence electrons. The van der Waals surface area contributed by atoms with Gasteiger partial charge in [0.25, 0.3) is 10.2 Å². The Morgan fingerprint density at radius 2 is 2.00 bits per heavy atom. The van der Waals surface area contributed by atoms with Gasteiger partial charge in [0, 0.05) is 31.7 Å². The highest BCUT2D eigenvalue weighted by Crippen LogP contribution is 2.32. The van der Waals surface area contributed by atoms with E-state index in [1.165, 1.54) is 0 Å². The van der Waals surface area contributed by atoms with E-state index in [-0.39, 0.29) is 6.04 Å². The topological polar surface area (TPSA) is 52.7 Å². The zero-order chi connectivity index (χ0) is 15.5. The number of rotatable bonds is 8. The SMILES string of the molecule is CCCN(C1CC1)S(=O)(=O)N1CCCC(CNC(C)C)C1. The van der Waals surface area contributed by atoms with Gasteiger partial charge >= 0.3 is 0 Å². The summed E-state index contributed by atoms with van der Waals surface area (Å²) in [6.07, 6.45) is 5.07. The molecule has 21 heavy (non-hydrogen) atoms. The molecule has 1 heterocycles. The minimum atomic E-state index is -3.26. The van der Waals surface area contributed by atoms with Crippen LogP contribution in [0.25, 0.3) is 0 Å². The number of nitrogens with zero attached hydrogens (tertiary/aromatic N) is 2. The highest BCUT2D eigenvalue weighted by molar-refractivity contribution is 7.86. The zero-order valence-electron chi connectivity index (χ0n) is 13.7. The lowest BCUT2D eigenvalue weighted by Gasteiger charge is -2.36. The summed E-state index contributed by atoms with van der Waals surface area (Å²) in [5.41, 5.74) is 0. The van der Waals surface area contributed by atoms with Crippen LogP contribution < -0.4 is 5.32 Å². The summed E-state index contributed by atoms with van der Waals surface area (Å²) in [6, 6.07) is 0.726. The second-order valence-electron chi connectivity index (χ2n) is 6.78. The molecule has 1 atom stereocenters. The number of piperidine rings is 1. The van der Waals surface area contributed by atoms with Gasteiger partial charge in [0.15, 0.2) is 0 Å². The number of nitrogens with one attached hydrogen (secondary N) is 1. The van der Waals surface area contributed by atoms with E-state index in [9.17, 15) is 8.42 Å². The Bertz CT molecular complexity index is 421. The third kappa shape index (κ3) is 4.65. The third-order valence-electron chi connectivity index (χ3n) is 4.32. The van der Waals surface area contributed by atoms with E-state index >= 15 is 0 Å². The summed E-state index contributed by atoms with van der Waals surface area (Å²) >= 11 is 0. The van der Waals surface area contributed by atoms with Gasteiger partial charge in [-0.2, -0.15) is 17.0 Å². The molecule has 5 nitrogen and oxygen atoms in total. The van der Waals surface area contributed by atoms with Crippen LogP contribution in [0.3, 0.4) is 0 Å². The lowest BCUT2D eigenvalue weighted by Crippen LogP contribution is -2.50. The van der Waals surface area contributed by atoms with Crippen molar-refractivity contribution in [2.45, 2.75) is 65.0 Å². The fourth-order valence-corrected chi connectivity index (χ4v) is 5.08. The van der Waals surface area contributed by atoms with Crippen LogP contribution in [0.5, 0.6) is 0 Å². The monoisotopic (exact) mass is 317 g/mol. The van der Waals surface area contributed by atoms with Crippen LogP contribution in [0.4, 0.5) is 0 Å². The first-order chi connectivity index (χ1) is 9.95. The Balaban J connectivity index is 1.98. The summed E-state index contributed by atoms with van der Waals surface area (Å²) in [4.78, 5) is 0. The highest BCUT2D eigenvalue weighted by atomic mass is 32.2. The first-order valence-electron chi connectivity index (χ1n) is 8.45. The van der Waals surface area contributed by atoms with Crippen LogP contribution in [0, 0.1) is 5.92 Å². The van der Waals surface area contributed by atoms with Crippen LogP contribution in [0.15, 0.2) is 0 Å². The van der Waals surface area contributed by atoms with Crippen molar-refractivity contribution in [3.8, 4) is 0 Å². The minimum Gasteiger partial charge on any atom is -0.314 e. The molecule has 0 radical (unpaired) electrons. The molecule has 2 rings (SSSR count). The van der Waals surface area contributed by atoms with Crippen LogP contribution in [-0.2, 0) is 10.2 Å². The van der Waals surface area contributed by atoms with E-state index in [1.807, 2.05) is 0 Å². The molecule has 1 aliphatic heterocycles. The molecule has 1 N–H and O–H groups in total. The lowest BCUT2D eigenvalue weighted by atomic mass is 9.99. The maximum absolute atomic E-state index is 12.9. The maximum atomic E-state index is 12.9. The summed E-state index contributed by atoms with van der Waals surface area (Å²) < 4.78 is 29.2. The molecule has 6 heteroatoms. The molecule has 2 fully saturated rings. The quantitative estimate of drug-likeness (QED) is 0.743. The molecule has 1 saturated carbocycles. The molecule has 0 aromatic heterocycles. The summed E-state index contributed by atoms with van der Waals surface area (Å²) in [5.74, 6) is 0.443. The molecule has 2 aliphatic rings. The molecule has 0 aromatic carbocycles. The van der Waals surface area contributed by atoms with Gasteiger partial charge in [0.05, 0.1) is 0 Å². The molecule has 1 saturated heterocycles. The Labute approximate surface area is 130 Å². The van der Waals surface area contributed by atoms with Crippen LogP contribution >= 0.6 is 0 Å². The maximum Gasteiger partial charge on any atom is 0.282 e. The van der Waals surface area contributed by atoms with Gasteiger partial charge in [-0.05, 0) is 44.6 Å². The Morgan fingerprint density at radius 1 is 1.29 bits per heavy atom. The lowest BCUT2D eigenvalue weighted by molar-refractivity contribution is 0.237. The van der Waals surface area contributed by atoms with Crippen molar-refractivity contribution < 1.29 is 8.42 Å². The van der Waals surface area contributed by atoms with Gasteiger partial charge in [0.2, 0.25) is 0 Å². The van der Waals surface area contributed by atoms with Crippen molar-refractivity contribution in [1.82, 2.24) is 13.9 Å². The fourth-order valence-electron chi connectivity index (χ4n) is 3.02. The fraction of sp³-hybridized carbons (Fsp3) is 1.00. The molecule has 0 spiro atoms. The molecular formula is C15H31N3O2S. The van der Waals surface area contributed by atoms with E-state index in [2.05, 4.69) is 26.1 Å². The predicted octanol–water partition coefficient (Wildman–Crippen LogP) is 1.82. The Hall–Kier alpha value is -0.170. The third-order valence-corrected chi connectivity index (χ3v) is 6.37. The zero-order valence-corrected chi connectivity index (χ0v) is 14.5. The van der Waals surface area contributed by atoms with Crippen molar-refractivity contribution >= 4 is 10.2 Å². The van der Waals surface area contributed by atoms with E-state index in [0.29, 0.717) is 31.6 Å². The van der Waals surface area contributed by atoms with Gasteiger partial charge in [-0.3, -0.25) is 0 Å². The first kappa shape index (κ1) is 17.2. The predicted molar refractivity (Wildman–Crippen MR) is 86.4 cm³/mol. The van der Waals surface area contributed by atoms with Crippen LogP contribution in [-0.4, -0.2) is 55.3 Å². The van der Waals surface area contributed by atoms with Crippen molar-refractivity contribution in [3.05, 3.63) is 0 Å². The molecule has 0 bridgehead atoms. The minimum absolute atomic E-state index is 0.268. The standard InChI is InChI=1S/C15H31N3O2S/c1-4-9-18(15-7-8-15)21(19,20)17-10-5-6-14(12-17)11-16-13(2)3/h13-16H,4-12H2,1-3H3. The smallest absolute Gasteiger partial charge is 0.282 e. The highest BCUT2D eigenvalue weighted by Gasteiger charge is 2.41. The molecular weight excluding hydrogens is 286 g/mol. The summed E-state index contributed by atoms with van der Waals surface area (Å²) in [6.45, 7) is 9.26. The average molecular weight is 317 g/mol. The normalized spacial score (nSPS) is 24.9.